The van der Waals surface area contributed by atoms with E-state index in [9.17, 15) is 0 Å². The Hall–Kier alpha value is -1.84. The van der Waals surface area contributed by atoms with Crippen LogP contribution in [-0.4, -0.2) is 7.11 Å². The number of rotatable bonds is 5. The van der Waals surface area contributed by atoms with Crippen LogP contribution < -0.4 is 16.0 Å². The number of nitrogens with two attached hydrogens (primary N) is 1. The van der Waals surface area contributed by atoms with Crippen LogP contribution in [0.2, 0.25) is 0 Å². The van der Waals surface area contributed by atoms with Gasteiger partial charge >= 0.3 is 0 Å². The van der Waals surface area contributed by atoms with Gasteiger partial charge < -0.3 is 4.74 Å². The van der Waals surface area contributed by atoms with Crippen molar-refractivity contribution in [2.45, 2.75) is 19.4 Å². The highest BCUT2D eigenvalue weighted by Gasteiger charge is 2.14. The fourth-order valence-electron chi connectivity index (χ4n) is 2.33. The van der Waals surface area contributed by atoms with E-state index in [2.05, 4.69) is 30.5 Å². The number of hydrogen-bond donors (Lipinski definition) is 2. The molecule has 2 rings (SSSR count). The van der Waals surface area contributed by atoms with E-state index < -0.39 is 0 Å². The van der Waals surface area contributed by atoms with Crippen LogP contribution in [0, 0.1) is 6.92 Å². The summed E-state index contributed by atoms with van der Waals surface area (Å²) >= 11 is 0. The largest absolute Gasteiger partial charge is 0.496 e. The molecule has 0 aromatic heterocycles. The number of para-hydroxylation sites is 1. The van der Waals surface area contributed by atoms with Gasteiger partial charge in [-0.05, 0) is 36.1 Å². The van der Waals surface area contributed by atoms with Crippen LogP contribution in [0.1, 0.15) is 22.7 Å². The van der Waals surface area contributed by atoms with Crippen LogP contribution in [-0.2, 0) is 6.42 Å². The number of hydrazine groups is 1. The first kappa shape index (κ1) is 13.6. The third-order valence-electron chi connectivity index (χ3n) is 3.38. The van der Waals surface area contributed by atoms with Crippen molar-refractivity contribution in [2.24, 2.45) is 5.84 Å². The Morgan fingerprint density at radius 3 is 2.47 bits per heavy atom. The van der Waals surface area contributed by atoms with Crippen molar-refractivity contribution in [3.63, 3.8) is 0 Å². The van der Waals surface area contributed by atoms with Crippen molar-refractivity contribution >= 4 is 0 Å². The van der Waals surface area contributed by atoms with Crippen molar-refractivity contribution in [3.05, 3.63) is 65.2 Å². The van der Waals surface area contributed by atoms with Crippen molar-refractivity contribution in [1.29, 1.82) is 0 Å². The second kappa shape index (κ2) is 6.36. The van der Waals surface area contributed by atoms with Crippen molar-refractivity contribution in [3.8, 4) is 5.75 Å². The molecule has 3 N–H and O–H groups in total. The molecule has 0 fully saturated rings. The maximum absolute atomic E-state index is 5.72. The maximum Gasteiger partial charge on any atom is 0.122 e. The minimum Gasteiger partial charge on any atom is -0.496 e. The van der Waals surface area contributed by atoms with E-state index in [1.807, 2.05) is 30.3 Å². The van der Waals surface area contributed by atoms with E-state index in [0.29, 0.717) is 0 Å². The van der Waals surface area contributed by atoms with Crippen molar-refractivity contribution in [1.82, 2.24) is 5.43 Å². The first-order chi connectivity index (χ1) is 9.26. The van der Waals surface area contributed by atoms with Gasteiger partial charge in [0.05, 0.1) is 13.2 Å². The lowest BCUT2D eigenvalue weighted by molar-refractivity contribution is 0.405. The van der Waals surface area contributed by atoms with Gasteiger partial charge in [0.25, 0.3) is 0 Å². The smallest absolute Gasteiger partial charge is 0.122 e. The molecule has 100 valence electrons. The summed E-state index contributed by atoms with van der Waals surface area (Å²) in [5, 5.41) is 0. The lowest BCUT2D eigenvalue weighted by Crippen LogP contribution is -2.30. The summed E-state index contributed by atoms with van der Waals surface area (Å²) in [4.78, 5) is 0. The fraction of sp³-hybridized carbons (Fsp3) is 0.250. The average molecular weight is 256 g/mol. The summed E-state index contributed by atoms with van der Waals surface area (Å²) in [6.07, 6.45) is 0.797. The number of benzene rings is 2. The van der Waals surface area contributed by atoms with Crippen LogP contribution >= 0.6 is 0 Å². The minimum atomic E-state index is 0.0810. The predicted molar refractivity (Wildman–Crippen MR) is 77.9 cm³/mol. The highest BCUT2D eigenvalue weighted by atomic mass is 16.5. The van der Waals surface area contributed by atoms with Gasteiger partial charge in [0.2, 0.25) is 0 Å². The normalized spacial score (nSPS) is 12.2. The molecule has 2 aromatic rings. The molecule has 0 saturated heterocycles. The van der Waals surface area contributed by atoms with Crippen molar-refractivity contribution < 1.29 is 4.74 Å². The summed E-state index contributed by atoms with van der Waals surface area (Å²) in [7, 11) is 1.69. The van der Waals surface area contributed by atoms with E-state index in [0.717, 1.165) is 17.7 Å². The zero-order chi connectivity index (χ0) is 13.7. The first-order valence-electron chi connectivity index (χ1n) is 6.39. The topological polar surface area (TPSA) is 47.3 Å². The molecule has 2 aromatic carbocycles. The number of hydrogen-bond acceptors (Lipinski definition) is 3. The molecule has 0 aliphatic carbocycles. The van der Waals surface area contributed by atoms with Crippen LogP contribution in [0.15, 0.2) is 48.5 Å². The third-order valence-corrected chi connectivity index (χ3v) is 3.38. The van der Waals surface area contributed by atoms with Gasteiger partial charge in [-0.15, -0.1) is 0 Å². The summed E-state index contributed by atoms with van der Waals surface area (Å²) < 4.78 is 5.39. The summed E-state index contributed by atoms with van der Waals surface area (Å²) in [5.41, 5.74) is 6.51. The summed E-state index contributed by atoms with van der Waals surface area (Å²) in [6, 6.07) is 16.4. The number of ether oxygens (including phenoxy) is 1. The molecule has 0 saturated carbocycles. The second-order valence-electron chi connectivity index (χ2n) is 4.59. The highest BCUT2D eigenvalue weighted by molar-refractivity contribution is 5.36. The maximum atomic E-state index is 5.72. The molecule has 0 aliphatic heterocycles. The second-order valence-corrected chi connectivity index (χ2v) is 4.59. The molecule has 1 atom stereocenters. The Balaban J connectivity index is 2.27. The molecule has 0 heterocycles. The Morgan fingerprint density at radius 1 is 1.11 bits per heavy atom. The lowest BCUT2D eigenvalue weighted by atomic mass is 9.95. The van der Waals surface area contributed by atoms with Gasteiger partial charge in [-0.25, -0.2) is 0 Å². The Kier molecular flexibility index (Phi) is 4.55. The third kappa shape index (κ3) is 3.13. The Bertz CT molecular complexity index is 540. The van der Waals surface area contributed by atoms with Crippen LogP contribution in [0.3, 0.4) is 0 Å². The van der Waals surface area contributed by atoms with Crippen LogP contribution in [0.25, 0.3) is 0 Å². The lowest BCUT2D eigenvalue weighted by Gasteiger charge is -2.19. The number of aryl methyl sites for hydroxylation is 1. The zero-order valence-corrected chi connectivity index (χ0v) is 11.4. The Labute approximate surface area is 114 Å². The van der Waals surface area contributed by atoms with Gasteiger partial charge in [0.15, 0.2) is 0 Å². The van der Waals surface area contributed by atoms with E-state index in [4.69, 9.17) is 10.6 Å². The van der Waals surface area contributed by atoms with Crippen LogP contribution in [0.5, 0.6) is 5.75 Å². The molecule has 0 radical (unpaired) electrons. The summed E-state index contributed by atoms with van der Waals surface area (Å²) in [6.45, 7) is 2.10. The Morgan fingerprint density at radius 2 is 1.79 bits per heavy atom. The molecular formula is C16H20N2O. The fourth-order valence-corrected chi connectivity index (χ4v) is 2.33. The molecule has 0 amide bonds. The number of nitrogens with one attached hydrogen (secondary N) is 1. The quantitative estimate of drug-likeness (QED) is 0.639. The van der Waals surface area contributed by atoms with Crippen molar-refractivity contribution in [2.75, 3.05) is 7.11 Å². The first-order valence-corrected chi connectivity index (χ1v) is 6.39. The van der Waals surface area contributed by atoms with Crippen LogP contribution in [0.4, 0.5) is 0 Å². The van der Waals surface area contributed by atoms with Gasteiger partial charge in [-0.1, -0.05) is 42.5 Å². The molecule has 0 aliphatic rings. The monoisotopic (exact) mass is 256 g/mol. The summed E-state index contributed by atoms with van der Waals surface area (Å²) in [5.74, 6) is 6.62. The van der Waals surface area contributed by atoms with E-state index in [1.165, 1.54) is 11.1 Å². The molecule has 0 bridgehead atoms. The highest BCUT2D eigenvalue weighted by Crippen LogP contribution is 2.25. The van der Waals surface area contributed by atoms with Gasteiger partial charge in [-0.3, -0.25) is 11.3 Å². The van der Waals surface area contributed by atoms with Gasteiger partial charge in [-0.2, -0.15) is 0 Å². The molecule has 0 spiro atoms. The number of methoxy groups -OCH3 is 1. The minimum absolute atomic E-state index is 0.0810. The molecule has 3 nitrogen and oxygen atoms in total. The van der Waals surface area contributed by atoms with Gasteiger partial charge in [0, 0.05) is 0 Å². The van der Waals surface area contributed by atoms with E-state index in [-0.39, 0.29) is 6.04 Å². The SMILES string of the molecule is COc1ccccc1CC(NN)c1ccccc1C. The van der Waals surface area contributed by atoms with Gasteiger partial charge in [0.1, 0.15) is 5.75 Å². The molecule has 1 unspecified atom stereocenters. The predicted octanol–water partition coefficient (Wildman–Crippen LogP) is 2.75. The molecule has 3 heteroatoms. The molecule has 19 heavy (non-hydrogen) atoms. The standard InChI is InChI=1S/C16H20N2O/c1-12-7-3-5-9-14(12)15(18-17)11-13-8-4-6-10-16(13)19-2/h3-10,15,18H,11,17H2,1-2H3. The zero-order valence-electron chi connectivity index (χ0n) is 11.4. The van der Waals surface area contributed by atoms with E-state index in [1.54, 1.807) is 7.11 Å². The molecular weight excluding hydrogens is 236 g/mol. The average Bonchev–Trinajstić information content (AvgIpc) is 2.46. The van der Waals surface area contributed by atoms with E-state index >= 15 is 0 Å².